The topological polar surface area (TPSA) is 0 Å². The summed E-state index contributed by atoms with van der Waals surface area (Å²) in [5, 5.41) is 0. The second-order valence-corrected chi connectivity index (χ2v) is 4.65. The molecule has 0 N–H and O–H groups in total. The van der Waals surface area contributed by atoms with E-state index in [0.29, 0.717) is 0 Å². The Bertz CT molecular complexity index is 168. The van der Waals surface area contributed by atoms with Gasteiger partial charge in [-0.2, -0.15) is 0 Å². The third-order valence-electron chi connectivity index (χ3n) is 2.08. The fraction of sp³-hybridized carbons (Fsp3) is 0.600. The van der Waals surface area contributed by atoms with Crippen LogP contribution in [0.1, 0.15) is 38.5 Å². The molecule has 0 atom stereocenters. The molecule has 0 aromatic heterocycles. The van der Waals surface area contributed by atoms with Crippen LogP contribution < -0.4 is 0 Å². The zero-order valence-corrected chi connectivity index (χ0v) is 9.06. The van der Waals surface area contributed by atoms with Gasteiger partial charge >= 0.3 is 0 Å². The van der Waals surface area contributed by atoms with Crippen molar-refractivity contribution in [3.8, 4) is 0 Å². The molecule has 0 aromatic carbocycles. The van der Waals surface area contributed by atoms with Gasteiger partial charge in [-0.05, 0) is 64.7 Å². The third-order valence-corrected chi connectivity index (χ3v) is 2.62. The summed E-state index contributed by atoms with van der Waals surface area (Å²) in [6.07, 6.45) is 10.3. The molecule has 0 amide bonds. The quantitative estimate of drug-likeness (QED) is 0.525. The van der Waals surface area contributed by atoms with E-state index in [4.69, 9.17) is 0 Å². The van der Waals surface area contributed by atoms with Crippen LogP contribution in [0.4, 0.5) is 0 Å². The van der Waals surface area contributed by atoms with E-state index in [9.17, 15) is 0 Å². The van der Waals surface area contributed by atoms with Gasteiger partial charge in [0.05, 0.1) is 0 Å². The van der Waals surface area contributed by atoms with Crippen molar-refractivity contribution in [1.82, 2.24) is 0 Å². The fourth-order valence-corrected chi connectivity index (χ4v) is 1.85. The van der Waals surface area contributed by atoms with Crippen molar-refractivity contribution in [2.75, 3.05) is 0 Å². The lowest BCUT2D eigenvalue weighted by Gasteiger charge is -1.99. The molecule has 0 fully saturated rings. The second kappa shape index (κ2) is 4.96. The molecular formula is C10H15I. The summed E-state index contributed by atoms with van der Waals surface area (Å²) in [6, 6.07) is 0. The molecule has 0 aliphatic heterocycles. The molecule has 0 aromatic rings. The summed E-state index contributed by atoms with van der Waals surface area (Å²) in [7, 11) is 0. The van der Waals surface area contributed by atoms with Crippen molar-refractivity contribution in [2.24, 2.45) is 0 Å². The van der Waals surface area contributed by atoms with Gasteiger partial charge in [-0.15, -0.1) is 0 Å². The van der Waals surface area contributed by atoms with Gasteiger partial charge in [0.25, 0.3) is 0 Å². The van der Waals surface area contributed by atoms with E-state index >= 15 is 0 Å². The summed E-state index contributed by atoms with van der Waals surface area (Å²) in [5.74, 6) is 0. The first-order valence-corrected chi connectivity index (χ1v) is 5.38. The van der Waals surface area contributed by atoms with Crippen LogP contribution in [0.2, 0.25) is 0 Å². The van der Waals surface area contributed by atoms with Crippen molar-refractivity contribution in [2.45, 2.75) is 38.5 Å². The lowest BCUT2D eigenvalue weighted by molar-refractivity contribution is 0.790. The molecule has 62 valence electrons. The molecule has 0 saturated carbocycles. The maximum absolute atomic E-state index is 3.89. The average Bonchev–Trinajstić information content (AvgIpc) is 2.39. The summed E-state index contributed by atoms with van der Waals surface area (Å²) in [5.41, 5.74) is 1.68. The van der Waals surface area contributed by atoms with E-state index in [-0.39, 0.29) is 0 Å². The summed E-state index contributed by atoms with van der Waals surface area (Å²) in [4.78, 5) is 0. The Balaban J connectivity index is 2.07. The maximum atomic E-state index is 3.89. The lowest BCUT2D eigenvalue weighted by atomic mass is 10.1. The second-order valence-electron chi connectivity index (χ2n) is 3.13. The van der Waals surface area contributed by atoms with Crippen molar-refractivity contribution >= 4 is 22.6 Å². The SMILES string of the molecule is C=C(I)CCCC1=CCCC1. The third kappa shape index (κ3) is 3.94. The van der Waals surface area contributed by atoms with E-state index in [1.807, 2.05) is 0 Å². The zero-order chi connectivity index (χ0) is 8.10. The molecule has 1 aliphatic rings. The molecule has 0 bridgehead atoms. The minimum Gasteiger partial charge on any atom is -0.0897 e. The van der Waals surface area contributed by atoms with E-state index in [1.54, 1.807) is 5.57 Å². The number of hydrogen-bond donors (Lipinski definition) is 0. The Morgan fingerprint density at radius 3 is 3.00 bits per heavy atom. The van der Waals surface area contributed by atoms with Gasteiger partial charge in [0.2, 0.25) is 0 Å². The molecule has 11 heavy (non-hydrogen) atoms. The van der Waals surface area contributed by atoms with Gasteiger partial charge in [-0.1, -0.05) is 18.2 Å². The first kappa shape index (κ1) is 9.30. The summed E-state index contributed by atoms with van der Waals surface area (Å²) >= 11 is 2.32. The van der Waals surface area contributed by atoms with Gasteiger partial charge in [0.1, 0.15) is 0 Å². The molecule has 1 aliphatic carbocycles. The molecule has 0 unspecified atom stereocenters. The summed E-state index contributed by atoms with van der Waals surface area (Å²) < 4.78 is 1.29. The molecule has 1 rings (SSSR count). The number of hydrogen-bond acceptors (Lipinski definition) is 0. The van der Waals surface area contributed by atoms with Crippen LogP contribution in [-0.4, -0.2) is 0 Å². The minimum atomic E-state index is 1.19. The lowest BCUT2D eigenvalue weighted by Crippen LogP contribution is -1.79. The highest BCUT2D eigenvalue weighted by Crippen LogP contribution is 2.23. The van der Waals surface area contributed by atoms with E-state index in [1.165, 1.54) is 42.1 Å². The van der Waals surface area contributed by atoms with Gasteiger partial charge in [0.15, 0.2) is 0 Å². The molecular weight excluding hydrogens is 247 g/mol. The summed E-state index contributed by atoms with van der Waals surface area (Å²) in [6.45, 7) is 3.89. The van der Waals surface area contributed by atoms with Crippen LogP contribution >= 0.6 is 22.6 Å². The molecule has 0 heterocycles. The Hall–Kier alpha value is 0.210. The number of halogens is 1. The van der Waals surface area contributed by atoms with Gasteiger partial charge in [0, 0.05) is 0 Å². The van der Waals surface area contributed by atoms with Gasteiger partial charge < -0.3 is 0 Å². The predicted molar refractivity (Wildman–Crippen MR) is 58.9 cm³/mol. The fourth-order valence-electron chi connectivity index (χ4n) is 1.47. The van der Waals surface area contributed by atoms with Crippen LogP contribution in [0.5, 0.6) is 0 Å². The van der Waals surface area contributed by atoms with Gasteiger partial charge in [-0.25, -0.2) is 0 Å². The highest BCUT2D eigenvalue weighted by molar-refractivity contribution is 14.1. The average molecular weight is 262 g/mol. The number of rotatable bonds is 4. The molecule has 0 spiro atoms. The highest BCUT2D eigenvalue weighted by Gasteiger charge is 2.03. The Morgan fingerprint density at radius 1 is 1.64 bits per heavy atom. The van der Waals surface area contributed by atoms with Crippen LogP contribution in [0.15, 0.2) is 21.8 Å². The van der Waals surface area contributed by atoms with Crippen LogP contribution in [-0.2, 0) is 0 Å². The van der Waals surface area contributed by atoms with E-state index in [0.717, 1.165) is 0 Å². The first-order chi connectivity index (χ1) is 5.29. The Morgan fingerprint density at radius 2 is 2.45 bits per heavy atom. The monoisotopic (exact) mass is 262 g/mol. The predicted octanol–water partition coefficient (Wildman–Crippen LogP) is 4.22. The van der Waals surface area contributed by atoms with Crippen LogP contribution in [0, 0.1) is 0 Å². The van der Waals surface area contributed by atoms with E-state index < -0.39 is 0 Å². The van der Waals surface area contributed by atoms with Crippen molar-refractivity contribution in [3.05, 3.63) is 21.8 Å². The van der Waals surface area contributed by atoms with E-state index in [2.05, 4.69) is 35.2 Å². The standard InChI is InChI=1S/C10H15I/c1-9(11)5-4-8-10-6-2-3-7-10/h6H,1-5,7-8H2. The minimum absolute atomic E-state index is 1.19. The Kier molecular flexibility index (Phi) is 4.20. The highest BCUT2D eigenvalue weighted by atomic mass is 127. The van der Waals surface area contributed by atoms with Crippen LogP contribution in [0.3, 0.4) is 0 Å². The van der Waals surface area contributed by atoms with Crippen molar-refractivity contribution < 1.29 is 0 Å². The van der Waals surface area contributed by atoms with Crippen molar-refractivity contribution in [3.63, 3.8) is 0 Å². The first-order valence-electron chi connectivity index (χ1n) is 4.30. The molecule has 1 heteroatoms. The largest absolute Gasteiger partial charge is 0.0897 e. The van der Waals surface area contributed by atoms with Gasteiger partial charge in [-0.3, -0.25) is 0 Å². The molecule has 0 radical (unpaired) electrons. The number of allylic oxidation sites excluding steroid dienone is 3. The van der Waals surface area contributed by atoms with Crippen LogP contribution in [0.25, 0.3) is 0 Å². The molecule has 0 saturated heterocycles. The zero-order valence-electron chi connectivity index (χ0n) is 6.91. The normalized spacial score (nSPS) is 16.6. The molecule has 0 nitrogen and oxygen atoms in total. The Labute approximate surface area is 82.9 Å². The smallest absolute Gasteiger partial charge is 0.0166 e. The van der Waals surface area contributed by atoms with Crippen molar-refractivity contribution in [1.29, 1.82) is 0 Å². The maximum Gasteiger partial charge on any atom is -0.0166 e.